The number of ether oxygens (including phenoxy) is 1. The Bertz CT molecular complexity index is 508. The summed E-state index contributed by atoms with van der Waals surface area (Å²) >= 11 is 0. The number of likely N-dealkylation sites (N-methyl/N-ethyl adjacent to an activating group) is 1. The number of hydrogen-bond acceptors (Lipinski definition) is 4. The van der Waals surface area contributed by atoms with Crippen LogP contribution in [0.4, 0.5) is 13.2 Å². The number of alkyl halides is 3. The molecule has 2 saturated heterocycles. The zero-order valence-corrected chi connectivity index (χ0v) is 12.3. The molecule has 10 heteroatoms. The van der Waals surface area contributed by atoms with Crippen LogP contribution in [0.25, 0.3) is 0 Å². The second-order valence-electron chi connectivity index (χ2n) is 5.24. The highest BCUT2D eigenvalue weighted by Gasteiger charge is 2.48. The molecule has 0 spiro atoms. The zero-order chi connectivity index (χ0) is 15.8. The highest BCUT2D eigenvalue weighted by Crippen LogP contribution is 2.33. The lowest BCUT2D eigenvalue weighted by Gasteiger charge is -2.36. The fourth-order valence-electron chi connectivity index (χ4n) is 2.43. The summed E-state index contributed by atoms with van der Waals surface area (Å²) in [5.41, 5.74) is 0. The predicted octanol–water partition coefficient (Wildman–Crippen LogP) is 0.200. The van der Waals surface area contributed by atoms with Gasteiger partial charge in [0.05, 0.1) is 11.8 Å². The second-order valence-corrected chi connectivity index (χ2v) is 7.45. The minimum atomic E-state index is -4.58. The molecule has 0 radical (unpaired) electrons. The van der Waals surface area contributed by atoms with Gasteiger partial charge in [0.1, 0.15) is 0 Å². The average molecular weight is 330 g/mol. The lowest BCUT2D eigenvalue weighted by molar-refractivity contribution is -0.229. The molecule has 2 heterocycles. The molecule has 1 amide bonds. The molecule has 6 nitrogen and oxygen atoms in total. The van der Waals surface area contributed by atoms with Crippen LogP contribution in [0.15, 0.2) is 0 Å². The smallest absolute Gasteiger partial charge is 0.369 e. The fourth-order valence-corrected chi connectivity index (χ4v) is 4.29. The van der Waals surface area contributed by atoms with Crippen molar-refractivity contribution in [3.8, 4) is 0 Å². The van der Waals surface area contributed by atoms with Gasteiger partial charge in [-0.15, -0.1) is 0 Å². The SMILES string of the molecule is CN1CCN(S(=O)(=O)C2CCOC(C(F)(F)F)C2)CC1=O. The average Bonchev–Trinajstić information content (AvgIpc) is 2.41. The molecule has 2 atom stereocenters. The first-order valence-corrected chi connectivity index (χ1v) is 8.04. The largest absolute Gasteiger partial charge is 0.414 e. The lowest BCUT2D eigenvalue weighted by atomic mass is 10.1. The maximum absolute atomic E-state index is 12.7. The number of nitrogens with zero attached hydrogens (tertiary/aromatic N) is 2. The van der Waals surface area contributed by atoms with Crippen LogP contribution in [-0.4, -0.2) is 74.3 Å². The van der Waals surface area contributed by atoms with Crippen molar-refractivity contribution >= 4 is 15.9 Å². The predicted molar refractivity (Wildman–Crippen MR) is 66.9 cm³/mol. The molecule has 2 aliphatic heterocycles. The van der Waals surface area contributed by atoms with E-state index in [9.17, 15) is 26.4 Å². The molecule has 2 aliphatic rings. The summed E-state index contributed by atoms with van der Waals surface area (Å²) in [7, 11) is -2.37. The van der Waals surface area contributed by atoms with E-state index in [0.717, 1.165) is 4.31 Å². The first-order chi connectivity index (χ1) is 9.62. The summed E-state index contributed by atoms with van der Waals surface area (Å²) in [5.74, 6) is -0.357. The Labute approximate surface area is 120 Å². The molecule has 2 rings (SSSR count). The van der Waals surface area contributed by atoms with E-state index in [1.165, 1.54) is 4.90 Å². The molecular formula is C11H17F3N2O4S. The monoisotopic (exact) mass is 330 g/mol. The summed E-state index contributed by atoms with van der Waals surface area (Å²) in [4.78, 5) is 13.0. The first-order valence-electron chi connectivity index (χ1n) is 6.53. The number of hydrogen-bond donors (Lipinski definition) is 0. The number of halogens is 3. The lowest BCUT2D eigenvalue weighted by Crippen LogP contribution is -2.54. The molecule has 0 aromatic carbocycles. The quantitative estimate of drug-likeness (QED) is 0.725. The van der Waals surface area contributed by atoms with Crippen molar-refractivity contribution in [2.24, 2.45) is 0 Å². The van der Waals surface area contributed by atoms with Crippen molar-refractivity contribution in [1.29, 1.82) is 0 Å². The van der Waals surface area contributed by atoms with Crippen LogP contribution in [0.2, 0.25) is 0 Å². The van der Waals surface area contributed by atoms with Crippen LogP contribution >= 0.6 is 0 Å². The Morgan fingerprint density at radius 2 is 1.95 bits per heavy atom. The Morgan fingerprint density at radius 3 is 2.52 bits per heavy atom. The van der Waals surface area contributed by atoms with Gasteiger partial charge in [-0.3, -0.25) is 4.79 Å². The number of amides is 1. The molecule has 0 bridgehead atoms. The maximum atomic E-state index is 12.7. The Morgan fingerprint density at radius 1 is 1.29 bits per heavy atom. The molecular weight excluding hydrogens is 313 g/mol. The molecule has 21 heavy (non-hydrogen) atoms. The fraction of sp³-hybridized carbons (Fsp3) is 0.909. The summed E-state index contributed by atoms with van der Waals surface area (Å²) in [6, 6.07) is 0. The van der Waals surface area contributed by atoms with Gasteiger partial charge in [-0.25, -0.2) is 8.42 Å². The first kappa shape index (κ1) is 16.5. The number of carbonyl (C=O) groups is 1. The van der Waals surface area contributed by atoms with Crippen molar-refractivity contribution in [2.45, 2.75) is 30.4 Å². The minimum Gasteiger partial charge on any atom is -0.369 e. The highest BCUT2D eigenvalue weighted by atomic mass is 32.2. The third kappa shape index (κ3) is 3.49. The molecule has 2 fully saturated rings. The molecule has 122 valence electrons. The van der Waals surface area contributed by atoms with E-state index in [4.69, 9.17) is 0 Å². The number of sulfonamides is 1. The van der Waals surface area contributed by atoms with Gasteiger partial charge in [0.2, 0.25) is 15.9 Å². The topological polar surface area (TPSA) is 66.9 Å². The standard InChI is InChI=1S/C11H17F3N2O4S/c1-15-3-4-16(7-10(15)17)21(18,19)8-2-5-20-9(6-8)11(12,13)14/h8-9H,2-7H2,1H3. The molecule has 0 N–H and O–H groups in total. The van der Waals surface area contributed by atoms with E-state index in [1.807, 2.05) is 0 Å². The molecule has 0 aromatic heterocycles. The van der Waals surface area contributed by atoms with E-state index in [1.54, 1.807) is 7.05 Å². The third-order valence-corrected chi connectivity index (χ3v) is 6.11. The van der Waals surface area contributed by atoms with E-state index in [0.29, 0.717) is 0 Å². The minimum absolute atomic E-state index is 0.00937. The van der Waals surface area contributed by atoms with Gasteiger partial charge in [-0.2, -0.15) is 17.5 Å². The Hall–Kier alpha value is -0.870. The van der Waals surface area contributed by atoms with Crippen LogP contribution in [0.3, 0.4) is 0 Å². The van der Waals surface area contributed by atoms with Gasteiger partial charge in [-0.1, -0.05) is 0 Å². The number of carbonyl (C=O) groups excluding carboxylic acids is 1. The van der Waals surface area contributed by atoms with Crippen molar-refractivity contribution < 1.29 is 31.1 Å². The number of rotatable bonds is 2. The normalized spacial score (nSPS) is 29.7. The van der Waals surface area contributed by atoms with Crippen LogP contribution in [-0.2, 0) is 19.6 Å². The summed E-state index contributed by atoms with van der Waals surface area (Å²) < 4.78 is 68.4. The van der Waals surface area contributed by atoms with Crippen LogP contribution in [0, 0.1) is 0 Å². The van der Waals surface area contributed by atoms with Gasteiger partial charge in [0, 0.05) is 33.2 Å². The van der Waals surface area contributed by atoms with Crippen LogP contribution in [0.1, 0.15) is 12.8 Å². The van der Waals surface area contributed by atoms with E-state index in [-0.39, 0.29) is 38.6 Å². The molecule has 0 aromatic rings. The van der Waals surface area contributed by atoms with Crippen molar-refractivity contribution in [1.82, 2.24) is 9.21 Å². The van der Waals surface area contributed by atoms with Crippen molar-refractivity contribution in [2.75, 3.05) is 33.3 Å². The molecule has 0 saturated carbocycles. The van der Waals surface area contributed by atoms with Gasteiger partial charge in [0.15, 0.2) is 6.10 Å². The van der Waals surface area contributed by atoms with Gasteiger partial charge in [-0.05, 0) is 6.42 Å². The third-order valence-electron chi connectivity index (χ3n) is 3.80. The van der Waals surface area contributed by atoms with E-state index >= 15 is 0 Å². The van der Waals surface area contributed by atoms with Crippen molar-refractivity contribution in [3.63, 3.8) is 0 Å². The summed E-state index contributed by atoms with van der Waals surface area (Å²) in [6.07, 6.45) is -7.25. The molecule has 0 aliphatic carbocycles. The Balaban J connectivity index is 2.10. The van der Waals surface area contributed by atoms with Gasteiger partial charge < -0.3 is 9.64 Å². The van der Waals surface area contributed by atoms with Gasteiger partial charge in [0.25, 0.3) is 0 Å². The summed E-state index contributed by atoms with van der Waals surface area (Å²) in [6.45, 7) is -0.217. The van der Waals surface area contributed by atoms with E-state index in [2.05, 4.69) is 4.74 Å². The summed E-state index contributed by atoms with van der Waals surface area (Å²) in [5, 5.41) is -1.16. The Kier molecular flexibility index (Phi) is 4.50. The second kappa shape index (κ2) is 5.73. The highest BCUT2D eigenvalue weighted by molar-refractivity contribution is 7.89. The van der Waals surface area contributed by atoms with E-state index < -0.39 is 34.0 Å². The molecule has 2 unspecified atom stereocenters. The maximum Gasteiger partial charge on any atom is 0.414 e. The van der Waals surface area contributed by atoms with Gasteiger partial charge >= 0.3 is 6.18 Å². The number of piperazine rings is 1. The van der Waals surface area contributed by atoms with Crippen molar-refractivity contribution in [3.05, 3.63) is 0 Å². The van der Waals surface area contributed by atoms with Crippen LogP contribution in [0.5, 0.6) is 0 Å². The van der Waals surface area contributed by atoms with Crippen LogP contribution < -0.4 is 0 Å². The zero-order valence-electron chi connectivity index (χ0n) is 11.5.